The third kappa shape index (κ3) is 3.88. The summed E-state index contributed by atoms with van der Waals surface area (Å²) < 4.78 is 0. The van der Waals surface area contributed by atoms with Crippen LogP contribution in [-0.4, -0.2) is 51.4 Å². The standard InChI is InChI=1S/C26H28N6O/c1-2-20-13-28-14-22(29-20)21-11-19(12-27)25(30-24(21)17-5-6-17)31-9-10-32(26(33)18-7-8-18)23(15-31)16-3-4-16/h2,11,13-14,16-18,23H,1,3-10,15H2/t23-/m0/s1. The fraction of sp³-hybridized carbons (Fsp3) is 0.500. The van der Waals surface area contributed by atoms with Gasteiger partial charge in [-0.25, -0.2) is 9.97 Å². The lowest BCUT2D eigenvalue weighted by Crippen LogP contribution is -2.57. The number of hydrogen-bond acceptors (Lipinski definition) is 6. The van der Waals surface area contributed by atoms with Crippen LogP contribution in [0.3, 0.4) is 0 Å². The maximum absolute atomic E-state index is 12.9. The Kier molecular flexibility index (Phi) is 4.90. The van der Waals surface area contributed by atoms with Gasteiger partial charge in [0.05, 0.1) is 41.1 Å². The van der Waals surface area contributed by atoms with Gasteiger partial charge in [-0.1, -0.05) is 6.58 Å². The van der Waals surface area contributed by atoms with Crippen LogP contribution in [0.4, 0.5) is 5.82 Å². The highest BCUT2D eigenvalue weighted by Gasteiger charge is 2.45. The zero-order chi connectivity index (χ0) is 22.5. The number of nitriles is 1. The van der Waals surface area contributed by atoms with E-state index in [-0.39, 0.29) is 12.0 Å². The third-order valence-electron chi connectivity index (χ3n) is 7.35. The molecule has 1 amide bonds. The van der Waals surface area contributed by atoms with Crippen LogP contribution in [0.5, 0.6) is 0 Å². The van der Waals surface area contributed by atoms with Crippen molar-refractivity contribution in [1.82, 2.24) is 19.9 Å². The Hall–Kier alpha value is -3.27. The first-order valence-electron chi connectivity index (χ1n) is 12.1. The minimum atomic E-state index is 0.236. The first kappa shape index (κ1) is 20.3. The van der Waals surface area contributed by atoms with Gasteiger partial charge < -0.3 is 9.80 Å². The average molecular weight is 441 g/mol. The molecule has 7 heteroatoms. The van der Waals surface area contributed by atoms with Crippen LogP contribution < -0.4 is 4.90 Å². The van der Waals surface area contributed by atoms with E-state index < -0.39 is 0 Å². The van der Waals surface area contributed by atoms with Crippen LogP contribution in [0.25, 0.3) is 17.3 Å². The molecule has 0 unspecified atom stereocenters. The monoisotopic (exact) mass is 440 g/mol. The molecule has 6 rings (SSSR count). The highest BCUT2D eigenvalue weighted by molar-refractivity contribution is 5.82. The highest BCUT2D eigenvalue weighted by Crippen LogP contribution is 2.45. The first-order valence-corrected chi connectivity index (χ1v) is 12.1. The normalized spacial score (nSPS) is 22.7. The van der Waals surface area contributed by atoms with Gasteiger partial charge in [0.1, 0.15) is 11.9 Å². The number of piperazine rings is 1. The largest absolute Gasteiger partial charge is 0.352 e. The van der Waals surface area contributed by atoms with Crippen molar-refractivity contribution in [3.8, 4) is 17.3 Å². The maximum atomic E-state index is 12.9. The van der Waals surface area contributed by atoms with Gasteiger partial charge in [-0.2, -0.15) is 5.26 Å². The number of carbonyl (C=O) groups is 1. The van der Waals surface area contributed by atoms with Gasteiger partial charge in [0, 0.05) is 37.0 Å². The quantitative estimate of drug-likeness (QED) is 0.680. The Morgan fingerprint density at radius 1 is 1.12 bits per heavy atom. The number of aromatic nitrogens is 3. The van der Waals surface area contributed by atoms with E-state index in [1.165, 1.54) is 12.8 Å². The molecule has 33 heavy (non-hydrogen) atoms. The fourth-order valence-electron chi connectivity index (χ4n) is 5.05. The van der Waals surface area contributed by atoms with Crippen LogP contribution in [0, 0.1) is 23.2 Å². The Balaban J connectivity index is 1.35. The second-order valence-electron chi connectivity index (χ2n) is 9.87. The Labute approximate surface area is 194 Å². The van der Waals surface area contributed by atoms with E-state index in [0.717, 1.165) is 68.1 Å². The molecular formula is C26H28N6O. The van der Waals surface area contributed by atoms with E-state index in [1.54, 1.807) is 18.5 Å². The topological polar surface area (TPSA) is 86.0 Å². The predicted octanol–water partition coefficient (Wildman–Crippen LogP) is 3.77. The molecule has 0 bridgehead atoms. The van der Waals surface area contributed by atoms with E-state index >= 15 is 0 Å². The van der Waals surface area contributed by atoms with Gasteiger partial charge in [-0.05, 0) is 56.6 Å². The van der Waals surface area contributed by atoms with E-state index in [1.807, 2.05) is 6.07 Å². The zero-order valence-corrected chi connectivity index (χ0v) is 18.8. The maximum Gasteiger partial charge on any atom is 0.226 e. The second kappa shape index (κ2) is 7.95. The van der Waals surface area contributed by atoms with Crippen molar-refractivity contribution in [3.63, 3.8) is 0 Å². The van der Waals surface area contributed by atoms with Crippen LogP contribution in [0.15, 0.2) is 25.0 Å². The van der Waals surface area contributed by atoms with Gasteiger partial charge in [0.2, 0.25) is 5.91 Å². The molecule has 3 saturated carbocycles. The molecule has 0 N–H and O–H groups in total. The van der Waals surface area contributed by atoms with E-state index in [0.29, 0.717) is 29.0 Å². The fourth-order valence-corrected chi connectivity index (χ4v) is 5.05. The van der Waals surface area contributed by atoms with E-state index in [4.69, 9.17) is 4.98 Å². The zero-order valence-electron chi connectivity index (χ0n) is 18.8. The lowest BCUT2D eigenvalue weighted by molar-refractivity contribution is -0.135. The van der Waals surface area contributed by atoms with Crippen molar-refractivity contribution in [2.24, 2.45) is 11.8 Å². The van der Waals surface area contributed by atoms with Crippen molar-refractivity contribution in [2.75, 3.05) is 24.5 Å². The minimum Gasteiger partial charge on any atom is -0.352 e. The summed E-state index contributed by atoms with van der Waals surface area (Å²) in [5.41, 5.74) is 3.92. The van der Waals surface area contributed by atoms with Crippen LogP contribution in [0.1, 0.15) is 61.4 Å². The lowest BCUT2D eigenvalue weighted by Gasteiger charge is -2.43. The van der Waals surface area contributed by atoms with Gasteiger partial charge in [-0.3, -0.25) is 9.78 Å². The number of rotatable bonds is 6. The molecule has 168 valence electrons. The highest BCUT2D eigenvalue weighted by atomic mass is 16.2. The molecule has 4 aliphatic rings. The van der Waals surface area contributed by atoms with Gasteiger partial charge in [0.25, 0.3) is 0 Å². The predicted molar refractivity (Wildman–Crippen MR) is 125 cm³/mol. The molecule has 1 aliphatic heterocycles. The van der Waals surface area contributed by atoms with Gasteiger partial charge >= 0.3 is 0 Å². The van der Waals surface area contributed by atoms with Crippen LogP contribution in [0.2, 0.25) is 0 Å². The summed E-state index contributed by atoms with van der Waals surface area (Å²) in [6.07, 6.45) is 11.8. The molecule has 0 spiro atoms. The molecule has 4 fully saturated rings. The summed E-state index contributed by atoms with van der Waals surface area (Å²) in [6.45, 7) is 6.00. The summed E-state index contributed by atoms with van der Waals surface area (Å²) in [6, 6.07) is 4.57. The molecule has 0 aromatic carbocycles. The van der Waals surface area contributed by atoms with Crippen molar-refractivity contribution in [1.29, 1.82) is 5.26 Å². The third-order valence-corrected chi connectivity index (χ3v) is 7.35. The summed E-state index contributed by atoms with van der Waals surface area (Å²) in [4.78, 5) is 31.4. The van der Waals surface area contributed by atoms with Crippen molar-refractivity contribution >= 4 is 17.8 Å². The van der Waals surface area contributed by atoms with Crippen LogP contribution in [-0.2, 0) is 4.79 Å². The number of amides is 1. The van der Waals surface area contributed by atoms with Crippen molar-refractivity contribution in [2.45, 2.75) is 50.5 Å². The summed E-state index contributed by atoms with van der Waals surface area (Å²) in [5.74, 6) is 2.34. The Morgan fingerprint density at radius 3 is 2.61 bits per heavy atom. The lowest BCUT2D eigenvalue weighted by atomic mass is 10.0. The number of carbonyl (C=O) groups excluding carboxylic acids is 1. The molecule has 7 nitrogen and oxygen atoms in total. The van der Waals surface area contributed by atoms with E-state index in [9.17, 15) is 10.1 Å². The van der Waals surface area contributed by atoms with Crippen LogP contribution >= 0.6 is 0 Å². The van der Waals surface area contributed by atoms with Crippen molar-refractivity contribution < 1.29 is 4.79 Å². The minimum absolute atomic E-state index is 0.236. The number of pyridine rings is 1. The SMILES string of the molecule is C=Cc1cncc(-c2cc(C#N)c(N3CCN(C(=O)C4CC4)[C@H](C4CC4)C3)nc2C2CC2)n1. The summed E-state index contributed by atoms with van der Waals surface area (Å²) in [7, 11) is 0. The number of nitrogens with zero attached hydrogens (tertiary/aromatic N) is 6. The molecule has 1 atom stereocenters. The molecule has 0 radical (unpaired) electrons. The molecule has 2 aromatic heterocycles. The molecule has 1 saturated heterocycles. The molecular weight excluding hydrogens is 412 g/mol. The molecule has 3 heterocycles. The average Bonchev–Trinajstić information content (AvgIpc) is 3.72. The molecule has 3 aliphatic carbocycles. The van der Waals surface area contributed by atoms with Crippen molar-refractivity contribution in [3.05, 3.63) is 42.0 Å². The smallest absolute Gasteiger partial charge is 0.226 e. The number of hydrogen-bond donors (Lipinski definition) is 0. The van der Waals surface area contributed by atoms with Gasteiger partial charge in [-0.15, -0.1) is 0 Å². The number of anilines is 1. The second-order valence-corrected chi connectivity index (χ2v) is 9.87. The van der Waals surface area contributed by atoms with Gasteiger partial charge in [0.15, 0.2) is 0 Å². The molecule has 2 aromatic rings. The van der Waals surface area contributed by atoms with E-state index in [2.05, 4.69) is 32.4 Å². The summed E-state index contributed by atoms with van der Waals surface area (Å²) >= 11 is 0. The first-order chi connectivity index (χ1) is 16.2. The Morgan fingerprint density at radius 2 is 1.94 bits per heavy atom. The Bertz CT molecular complexity index is 1160. The summed E-state index contributed by atoms with van der Waals surface area (Å²) in [5, 5.41) is 10.0.